The van der Waals surface area contributed by atoms with E-state index in [1.54, 1.807) is 24.5 Å². The van der Waals surface area contributed by atoms with Crippen LogP contribution in [-0.2, 0) is 0 Å². The minimum Gasteiger partial charge on any atom is -0.231 e. The van der Waals surface area contributed by atoms with Crippen LogP contribution in [0.4, 0.5) is 4.39 Å². The van der Waals surface area contributed by atoms with Crippen LogP contribution in [0.3, 0.4) is 0 Å². The summed E-state index contributed by atoms with van der Waals surface area (Å²) in [6.45, 7) is 0. The highest BCUT2D eigenvalue weighted by molar-refractivity contribution is 7.99. The summed E-state index contributed by atoms with van der Waals surface area (Å²) in [5.74, 6) is -0.495. The Morgan fingerprint density at radius 3 is 2.57 bits per heavy atom. The van der Waals surface area contributed by atoms with Crippen molar-refractivity contribution in [3.05, 3.63) is 42.7 Å². The lowest BCUT2D eigenvalue weighted by Crippen LogP contribution is -1.85. The second kappa shape index (κ2) is 4.15. The number of hydrogen-bond donors (Lipinski definition) is 0. The minimum atomic E-state index is -0.495. The molecular weight excluding hydrogens is 201 g/mol. The fraction of sp³-hybridized carbons (Fsp3) is 0. The fourth-order valence-corrected chi connectivity index (χ4v) is 1.61. The smallest absolute Gasteiger partial charge is 0.213 e. The van der Waals surface area contributed by atoms with Crippen LogP contribution in [0.25, 0.3) is 0 Å². The third kappa shape index (κ3) is 2.26. The molecule has 0 saturated heterocycles. The largest absolute Gasteiger partial charge is 0.231 e. The van der Waals surface area contributed by atoms with Crippen molar-refractivity contribution in [2.75, 3.05) is 0 Å². The second-order valence-corrected chi connectivity index (χ2v) is 3.49. The van der Waals surface area contributed by atoms with Crippen molar-refractivity contribution in [1.29, 1.82) is 0 Å². The van der Waals surface area contributed by atoms with Crippen LogP contribution >= 0.6 is 11.8 Å². The molecule has 2 aromatic heterocycles. The molecule has 0 aliphatic heterocycles. The number of rotatable bonds is 2. The first-order valence-electron chi connectivity index (χ1n) is 3.91. The van der Waals surface area contributed by atoms with Gasteiger partial charge in [-0.15, -0.1) is 0 Å². The van der Waals surface area contributed by atoms with E-state index in [-0.39, 0.29) is 0 Å². The van der Waals surface area contributed by atoms with Gasteiger partial charge in [0.2, 0.25) is 5.95 Å². The summed E-state index contributed by atoms with van der Waals surface area (Å²) in [6, 6.07) is 4.79. The average Bonchev–Trinajstić information content (AvgIpc) is 2.19. The monoisotopic (exact) mass is 207 g/mol. The molecule has 2 rings (SSSR count). The number of hydrogen-bond acceptors (Lipinski definition) is 4. The van der Waals surface area contributed by atoms with Gasteiger partial charge in [0.1, 0.15) is 0 Å². The lowest BCUT2D eigenvalue weighted by Gasteiger charge is -1.97. The second-order valence-electron chi connectivity index (χ2n) is 2.45. The molecule has 0 atom stereocenters. The third-order valence-corrected chi connectivity index (χ3v) is 2.33. The standard InChI is InChI=1S/C9H6FN3S/c10-8-6-7(2-5-11-8)14-9-12-3-1-4-13-9/h1-6H. The molecule has 0 saturated carbocycles. The van der Waals surface area contributed by atoms with Crippen LogP contribution in [0.15, 0.2) is 46.8 Å². The number of nitrogens with zero attached hydrogens (tertiary/aromatic N) is 3. The number of aromatic nitrogens is 3. The van der Waals surface area contributed by atoms with Gasteiger partial charge in [-0.3, -0.25) is 0 Å². The van der Waals surface area contributed by atoms with Gasteiger partial charge in [0.05, 0.1) is 0 Å². The summed E-state index contributed by atoms with van der Waals surface area (Å²) in [5, 5.41) is 0.595. The summed E-state index contributed by atoms with van der Waals surface area (Å²) in [5.41, 5.74) is 0. The van der Waals surface area contributed by atoms with Crippen LogP contribution in [0.5, 0.6) is 0 Å². The molecular formula is C9H6FN3S. The molecule has 0 fully saturated rings. The van der Waals surface area contributed by atoms with Gasteiger partial charge in [-0.05, 0) is 23.9 Å². The highest BCUT2D eigenvalue weighted by atomic mass is 32.2. The van der Waals surface area contributed by atoms with Crippen molar-refractivity contribution in [2.45, 2.75) is 10.1 Å². The molecule has 0 spiro atoms. The molecule has 0 unspecified atom stereocenters. The fourth-order valence-electron chi connectivity index (χ4n) is 0.892. The summed E-state index contributed by atoms with van der Waals surface area (Å²) in [6.07, 6.45) is 4.71. The molecule has 3 nitrogen and oxygen atoms in total. The van der Waals surface area contributed by atoms with Crippen molar-refractivity contribution in [1.82, 2.24) is 15.0 Å². The molecule has 0 amide bonds. The van der Waals surface area contributed by atoms with E-state index >= 15 is 0 Å². The first-order chi connectivity index (χ1) is 6.84. The maximum absolute atomic E-state index is 12.7. The quantitative estimate of drug-likeness (QED) is 0.558. The van der Waals surface area contributed by atoms with Gasteiger partial charge in [0.25, 0.3) is 0 Å². The van der Waals surface area contributed by atoms with E-state index < -0.39 is 5.95 Å². The topological polar surface area (TPSA) is 38.7 Å². The van der Waals surface area contributed by atoms with Gasteiger partial charge < -0.3 is 0 Å². The van der Waals surface area contributed by atoms with Gasteiger partial charge in [0, 0.05) is 29.6 Å². The van der Waals surface area contributed by atoms with Crippen molar-refractivity contribution >= 4 is 11.8 Å². The summed E-state index contributed by atoms with van der Waals surface area (Å²) in [4.78, 5) is 12.2. The van der Waals surface area contributed by atoms with E-state index in [1.165, 1.54) is 24.0 Å². The van der Waals surface area contributed by atoms with Crippen molar-refractivity contribution in [2.24, 2.45) is 0 Å². The van der Waals surface area contributed by atoms with E-state index in [2.05, 4.69) is 15.0 Å². The van der Waals surface area contributed by atoms with Crippen LogP contribution in [-0.4, -0.2) is 15.0 Å². The maximum Gasteiger partial charge on any atom is 0.213 e. The Bertz CT molecular complexity index is 421. The lowest BCUT2D eigenvalue weighted by atomic mass is 10.5. The highest BCUT2D eigenvalue weighted by Gasteiger charge is 2.00. The molecule has 70 valence electrons. The predicted molar refractivity (Wildman–Crippen MR) is 50.4 cm³/mol. The van der Waals surface area contributed by atoms with E-state index in [1.807, 2.05) is 0 Å². The number of halogens is 1. The van der Waals surface area contributed by atoms with E-state index in [9.17, 15) is 4.39 Å². The molecule has 0 N–H and O–H groups in total. The molecule has 0 aromatic carbocycles. The Morgan fingerprint density at radius 1 is 1.07 bits per heavy atom. The highest BCUT2D eigenvalue weighted by Crippen LogP contribution is 2.23. The van der Waals surface area contributed by atoms with Gasteiger partial charge in [-0.1, -0.05) is 0 Å². The molecule has 0 radical (unpaired) electrons. The Kier molecular flexibility index (Phi) is 2.69. The zero-order valence-electron chi connectivity index (χ0n) is 7.09. The molecule has 5 heteroatoms. The van der Waals surface area contributed by atoms with Crippen LogP contribution < -0.4 is 0 Å². The maximum atomic E-state index is 12.7. The Balaban J connectivity index is 2.19. The molecule has 0 aliphatic rings. The Morgan fingerprint density at radius 2 is 1.86 bits per heavy atom. The molecule has 2 aromatic rings. The normalized spacial score (nSPS) is 10.1. The summed E-state index contributed by atoms with van der Waals surface area (Å²) < 4.78 is 12.7. The Hall–Kier alpha value is -1.49. The average molecular weight is 207 g/mol. The summed E-state index contributed by atoms with van der Waals surface area (Å²) >= 11 is 1.30. The van der Waals surface area contributed by atoms with E-state index in [0.717, 1.165) is 4.90 Å². The lowest BCUT2D eigenvalue weighted by molar-refractivity contribution is 0.579. The van der Waals surface area contributed by atoms with E-state index in [0.29, 0.717) is 5.16 Å². The minimum absolute atomic E-state index is 0.495. The molecule has 14 heavy (non-hydrogen) atoms. The SMILES string of the molecule is Fc1cc(Sc2ncccn2)ccn1. The van der Waals surface area contributed by atoms with Crippen molar-refractivity contribution in [3.63, 3.8) is 0 Å². The first-order valence-corrected chi connectivity index (χ1v) is 4.73. The first kappa shape index (κ1) is 9.08. The van der Waals surface area contributed by atoms with Gasteiger partial charge in [0.15, 0.2) is 5.16 Å². The molecule has 0 bridgehead atoms. The Labute approximate surface area is 84.4 Å². The third-order valence-electron chi connectivity index (χ3n) is 1.45. The van der Waals surface area contributed by atoms with Crippen LogP contribution in [0.1, 0.15) is 0 Å². The van der Waals surface area contributed by atoms with Crippen LogP contribution in [0.2, 0.25) is 0 Å². The van der Waals surface area contributed by atoms with Crippen molar-refractivity contribution in [3.8, 4) is 0 Å². The zero-order chi connectivity index (χ0) is 9.80. The van der Waals surface area contributed by atoms with Crippen molar-refractivity contribution < 1.29 is 4.39 Å². The van der Waals surface area contributed by atoms with Crippen LogP contribution in [0, 0.1) is 5.95 Å². The van der Waals surface area contributed by atoms with Gasteiger partial charge >= 0.3 is 0 Å². The summed E-state index contributed by atoms with van der Waals surface area (Å²) in [7, 11) is 0. The zero-order valence-corrected chi connectivity index (χ0v) is 7.91. The molecule has 0 aliphatic carbocycles. The van der Waals surface area contributed by atoms with Gasteiger partial charge in [-0.2, -0.15) is 4.39 Å². The van der Waals surface area contributed by atoms with Gasteiger partial charge in [-0.25, -0.2) is 15.0 Å². The van der Waals surface area contributed by atoms with E-state index in [4.69, 9.17) is 0 Å². The molecule has 2 heterocycles. The number of pyridine rings is 1. The predicted octanol–water partition coefficient (Wildman–Crippen LogP) is 2.16.